The van der Waals surface area contributed by atoms with E-state index in [0.717, 1.165) is 40.9 Å². The predicted molar refractivity (Wildman–Crippen MR) is 130 cm³/mol. The van der Waals surface area contributed by atoms with E-state index in [-0.39, 0.29) is 17.3 Å². The molecule has 0 atom stereocenters. The Hall–Kier alpha value is -2.23. The van der Waals surface area contributed by atoms with E-state index in [1.165, 1.54) is 4.31 Å². The molecule has 1 amide bonds. The molecule has 0 fully saturated rings. The number of nitrogens with zero attached hydrogens (tertiary/aromatic N) is 3. The van der Waals surface area contributed by atoms with Crippen molar-refractivity contribution in [1.82, 2.24) is 14.5 Å². The number of likely N-dealkylation sites (N-methyl/N-ethyl adjacent to an activating group) is 1. The fourth-order valence-electron chi connectivity index (χ4n) is 3.39. The molecule has 32 heavy (non-hydrogen) atoms. The normalized spacial score (nSPS) is 13.7. The number of carbonyl (C=O) groups is 1. The van der Waals surface area contributed by atoms with E-state index in [9.17, 15) is 13.2 Å². The van der Waals surface area contributed by atoms with Gasteiger partial charge in [-0.05, 0) is 42.7 Å². The molecule has 9 heteroatoms. The van der Waals surface area contributed by atoms with Crippen LogP contribution in [0, 0.1) is 0 Å². The van der Waals surface area contributed by atoms with Gasteiger partial charge in [0.1, 0.15) is 5.84 Å². The van der Waals surface area contributed by atoms with Crippen molar-refractivity contribution < 1.29 is 13.2 Å². The number of hydrogen-bond acceptors (Lipinski definition) is 5. The maximum absolute atomic E-state index is 12.6. The van der Waals surface area contributed by atoms with E-state index in [4.69, 9.17) is 0 Å². The quantitative estimate of drug-likeness (QED) is 0.522. The van der Waals surface area contributed by atoms with E-state index in [0.29, 0.717) is 19.4 Å². The Morgan fingerprint density at radius 2 is 1.75 bits per heavy atom. The van der Waals surface area contributed by atoms with Gasteiger partial charge in [0.15, 0.2) is 0 Å². The van der Waals surface area contributed by atoms with Crippen molar-refractivity contribution in [3.63, 3.8) is 0 Å². The second-order valence-corrected chi connectivity index (χ2v) is 10.8. The van der Waals surface area contributed by atoms with Crippen LogP contribution in [0.25, 0.3) is 0 Å². The van der Waals surface area contributed by atoms with Crippen LogP contribution in [0.1, 0.15) is 24.0 Å². The van der Waals surface area contributed by atoms with Gasteiger partial charge in [-0.1, -0.05) is 40.2 Å². The number of rotatable bonds is 10. The van der Waals surface area contributed by atoms with E-state index >= 15 is 0 Å². The van der Waals surface area contributed by atoms with E-state index < -0.39 is 10.0 Å². The van der Waals surface area contributed by atoms with Crippen molar-refractivity contribution in [3.8, 4) is 0 Å². The molecule has 0 saturated heterocycles. The number of sulfonamides is 1. The van der Waals surface area contributed by atoms with Crippen molar-refractivity contribution in [3.05, 3.63) is 64.1 Å². The van der Waals surface area contributed by atoms with Crippen LogP contribution >= 0.6 is 15.9 Å². The molecule has 1 heterocycles. The van der Waals surface area contributed by atoms with E-state index in [2.05, 4.69) is 50.5 Å². The third-order valence-electron chi connectivity index (χ3n) is 5.45. The van der Waals surface area contributed by atoms with Crippen LogP contribution in [-0.4, -0.2) is 69.6 Å². The van der Waals surface area contributed by atoms with Gasteiger partial charge < -0.3 is 10.2 Å². The van der Waals surface area contributed by atoms with Crippen LogP contribution in [0.4, 0.5) is 0 Å². The van der Waals surface area contributed by atoms with Crippen LogP contribution in [0.5, 0.6) is 0 Å². The zero-order valence-corrected chi connectivity index (χ0v) is 20.8. The summed E-state index contributed by atoms with van der Waals surface area (Å²) in [6.07, 6.45) is 1.54. The topological polar surface area (TPSA) is 82.1 Å². The predicted octanol–water partition coefficient (Wildman–Crippen LogP) is 2.90. The number of benzene rings is 2. The summed E-state index contributed by atoms with van der Waals surface area (Å²) in [5.41, 5.74) is 2.24. The molecule has 2 aromatic carbocycles. The molecular formula is C23H29BrN4O3S. The number of halogens is 1. The molecule has 0 aromatic heterocycles. The van der Waals surface area contributed by atoms with E-state index in [1.807, 2.05) is 0 Å². The average Bonchev–Trinajstić information content (AvgIpc) is 3.33. The van der Waals surface area contributed by atoms with Crippen LogP contribution in [0.15, 0.2) is 62.9 Å². The molecule has 0 spiro atoms. The SMILES string of the molecule is CN(CCc1ccc(C2=NCCN2)cc1)C(=O)CCCN(C)S(=O)(=O)c1ccc(Br)cc1. The molecular weight excluding hydrogens is 492 g/mol. The number of hydrogen-bond donors (Lipinski definition) is 1. The van der Waals surface area contributed by atoms with Gasteiger partial charge in [-0.3, -0.25) is 9.79 Å². The number of aliphatic imine (C=N–C) groups is 1. The van der Waals surface area contributed by atoms with Gasteiger partial charge in [0.25, 0.3) is 0 Å². The minimum atomic E-state index is -3.56. The number of carbonyl (C=O) groups excluding carboxylic acids is 1. The molecule has 0 bridgehead atoms. The van der Waals surface area contributed by atoms with Gasteiger partial charge in [0.05, 0.1) is 11.4 Å². The standard InChI is InChI=1S/C23H29BrN4O3S/c1-27(17-13-18-5-7-19(8-6-18)23-25-14-15-26-23)22(29)4-3-16-28(2)32(30,31)21-11-9-20(24)10-12-21/h5-12H,3-4,13-17H2,1-2H3,(H,25,26). The van der Waals surface area contributed by atoms with Gasteiger partial charge in [-0.25, -0.2) is 12.7 Å². The van der Waals surface area contributed by atoms with Gasteiger partial charge in [0, 0.05) is 50.2 Å². The monoisotopic (exact) mass is 520 g/mol. The Morgan fingerprint density at radius 3 is 2.38 bits per heavy atom. The lowest BCUT2D eigenvalue weighted by Gasteiger charge is -2.19. The smallest absolute Gasteiger partial charge is 0.242 e. The van der Waals surface area contributed by atoms with Gasteiger partial charge in [-0.15, -0.1) is 0 Å². The minimum absolute atomic E-state index is 0.0144. The fourth-order valence-corrected chi connectivity index (χ4v) is 4.87. The van der Waals surface area contributed by atoms with Crippen LogP contribution in [0.3, 0.4) is 0 Å². The molecule has 0 saturated carbocycles. The first-order valence-electron chi connectivity index (χ1n) is 10.6. The second-order valence-electron chi connectivity index (χ2n) is 7.80. The van der Waals surface area contributed by atoms with Crippen LogP contribution in [-0.2, 0) is 21.2 Å². The Balaban J connectivity index is 1.42. The molecule has 0 radical (unpaired) electrons. The molecule has 7 nitrogen and oxygen atoms in total. The fraction of sp³-hybridized carbons (Fsp3) is 0.391. The minimum Gasteiger partial charge on any atom is -0.368 e. The summed E-state index contributed by atoms with van der Waals surface area (Å²) in [7, 11) is -0.224. The first-order chi connectivity index (χ1) is 15.3. The summed E-state index contributed by atoms with van der Waals surface area (Å²) in [5, 5.41) is 3.26. The molecule has 172 valence electrons. The molecule has 1 aliphatic rings. The maximum atomic E-state index is 12.6. The molecule has 2 aromatic rings. The largest absolute Gasteiger partial charge is 0.368 e. The summed E-state index contributed by atoms with van der Waals surface area (Å²) in [5.74, 6) is 0.955. The third kappa shape index (κ3) is 6.40. The Labute approximate surface area is 198 Å². The molecule has 1 N–H and O–H groups in total. The van der Waals surface area contributed by atoms with Gasteiger partial charge in [-0.2, -0.15) is 0 Å². The van der Waals surface area contributed by atoms with Crippen molar-refractivity contribution in [2.75, 3.05) is 40.3 Å². The Kier molecular flexibility index (Phi) is 8.44. The average molecular weight is 521 g/mol. The summed E-state index contributed by atoms with van der Waals surface area (Å²) in [6.45, 7) is 2.60. The highest BCUT2D eigenvalue weighted by Gasteiger charge is 2.20. The molecule has 0 unspecified atom stereocenters. The lowest BCUT2D eigenvalue weighted by Crippen LogP contribution is -2.31. The number of nitrogens with one attached hydrogen (secondary N) is 1. The highest BCUT2D eigenvalue weighted by molar-refractivity contribution is 9.10. The Morgan fingerprint density at radius 1 is 1.06 bits per heavy atom. The van der Waals surface area contributed by atoms with Crippen molar-refractivity contribution in [2.45, 2.75) is 24.2 Å². The lowest BCUT2D eigenvalue weighted by atomic mass is 10.1. The summed E-state index contributed by atoms with van der Waals surface area (Å²) in [6, 6.07) is 14.8. The third-order valence-corrected chi connectivity index (χ3v) is 7.85. The van der Waals surface area contributed by atoms with Crippen molar-refractivity contribution >= 4 is 37.7 Å². The van der Waals surface area contributed by atoms with Crippen LogP contribution in [0.2, 0.25) is 0 Å². The van der Waals surface area contributed by atoms with Crippen molar-refractivity contribution in [1.29, 1.82) is 0 Å². The highest BCUT2D eigenvalue weighted by atomic mass is 79.9. The zero-order chi connectivity index (χ0) is 23.1. The number of amides is 1. The second kappa shape index (κ2) is 11.1. The van der Waals surface area contributed by atoms with Gasteiger partial charge in [0.2, 0.25) is 15.9 Å². The highest BCUT2D eigenvalue weighted by Crippen LogP contribution is 2.18. The summed E-state index contributed by atoms with van der Waals surface area (Å²) >= 11 is 3.31. The lowest BCUT2D eigenvalue weighted by molar-refractivity contribution is -0.130. The van der Waals surface area contributed by atoms with Gasteiger partial charge >= 0.3 is 0 Å². The summed E-state index contributed by atoms with van der Waals surface area (Å²) in [4.78, 5) is 18.8. The van der Waals surface area contributed by atoms with Crippen molar-refractivity contribution in [2.24, 2.45) is 4.99 Å². The van der Waals surface area contributed by atoms with E-state index in [1.54, 1.807) is 43.3 Å². The summed E-state index contributed by atoms with van der Waals surface area (Å²) < 4.78 is 27.4. The molecule has 1 aliphatic heterocycles. The first-order valence-corrected chi connectivity index (χ1v) is 12.8. The molecule has 0 aliphatic carbocycles. The first kappa shape index (κ1) is 24.4. The zero-order valence-electron chi connectivity index (χ0n) is 18.4. The Bertz CT molecular complexity index is 1050. The molecule has 3 rings (SSSR count). The van der Waals surface area contributed by atoms with Crippen LogP contribution < -0.4 is 5.32 Å². The maximum Gasteiger partial charge on any atom is 0.242 e. The number of amidine groups is 1.